The zero-order valence-corrected chi connectivity index (χ0v) is 9.90. The number of ether oxygens (including phenoxy) is 1. The Morgan fingerprint density at radius 3 is 3.00 bits per heavy atom. The predicted molar refractivity (Wildman–Crippen MR) is 64.7 cm³/mol. The van der Waals surface area contributed by atoms with Crippen LogP contribution in [-0.4, -0.2) is 13.3 Å². The zero-order chi connectivity index (χ0) is 11.6. The maximum Gasteiger partial charge on any atom is 0.142 e. The van der Waals surface area contributed by atoms with Crippen molar-refractivity contribution in [1.82, 2.24) is 0 Å². The van der Waals surface area contributed by atoms with Gasteiger partial charge in [0, 0.05) is 0 Å². The molecule has 3 heteroatoms. The summed E-state index contributed by atoms with van der Waals surface area (Å²) in [5, 5.41) is 3.77. The van der Waals surface area contributed by atoms with Gasteiger partial charge in [0.2, 0.25) is 0 Å². The van der Waals surface area contributed by atoms with Gasteiger partial charge >= 0.3 is 0 Å². The molecular formula is C13H18NO2. The number of hydrogen-bond acceptors (Lipinski definition) is 3. The van der Waals surface area contributed by atoms with E-state index in [1.165, 1.54) is 0 Å². The fourth-order valence-electron chi connectivity index (χ4n) is 1.22. The first-order valence-electron chi connectivity index (χ1n) is 5.54. The standard InChI is InChI=1S/C13H18NO2/c1-3-4-5-9-14-16-11-12-7-6-8-13(10-12)15-2/h6-8,10H,3-5,11H2,1-2H3. The Kier molecular flexibility index (Phi) is 6.07. The number of rotatable bonds is 7. The van der Waals surface area contributed by atoms with E-state index < -0.39 is 0 Å². The highest BCUT2D eigenvalue weighted by molar-refractivity contribution is 5.56. The third-order valence-corrected chi connectivity index (χ3v) is 2.14. The smallest absolute Gasteiger partial charge is 0.142 e. The number of nitrogens with zero attached hydrogens (tertiary/aromatic N) is 1. The van der Waals surface area contributed by atoms with Crippen molar-refractivity contribution < 1.29 is 9.57 Å². The number of methoxy groups -OCH3 is 1. The molecule has 16 heavy (non-hydrogen) atoms. The lowest BCUT2D eigenvalue weighted by atomic mass is 10.2. The molecule has 0 aliphatic heterocycles. The molecule has 1 aromatic carbocycles. The Morgan fingerprint density at radius 2 is 2.25 bits per heavy atom. The molecule has 0 aliphatic rings. The molecule has 0 spiro atoms. The SMILES string of the molecule is CCCC/[C]=N/OCc1cccc(OC)c1. The van der Waals surface area contributed by atoms with Gasteiger partial charge in [0.1, 0.15) is 18.6 Å². The second-order valence-corrected chi connectivity index (χ2v) is 3.48. The van der Waals surface area contributed by atoms with E-state index in [0.29, 0.717) is 6.61 Å². The molecule has 0 amide bonds. The third-order valence-electron chi connectivity index (χ3n) is 2.14. The minimum absolute atomic E-state index is 0.455. The Labute approximate surface area is 97.1 Å². The van der Waals surface area contributed by atoms with Crippen LogP contribution in [0.1, 0.15) is 31.7 Å². The highest BCUT2D eigenvalue weighted by Crippen LogP contribution is 2.13. The van der Waals surface area contributed by atoms with E-state index in [2.05, 4.69) is 18.3 Å². The number of hydrogen-bond donors (Lipinski definition) is 0. The van der Waals surface area contributed by atoms with E-state index in [4.69, 9.17) is 9.57 Å². The van der Waals surface area contributed by atoms with Crippen molar-refractivity contribution in [3.8, 4) is 5.75 Å². The first kappa shape index (κ1) is 12.6. The summed E-state index contributed by atoms with van der Waals surface area (Å²) in [6.45, 7) is 2.59. The second kappa shape index (κ2) is 7.74. The van der Waals surface area contributed by atoms with E-state index in [1.807, 2.05) is 24.3 Å². The quantitative estimate of drug-likeness (QED) is 0.401. The van der Waals surface area contributed by atoms with Gasteiger partial charge in [-0.15, -0.1) is 0 Å². The van der Waals surface area contributed by atoms with E-state index in [0.717, 1.165) is 30.6 Å². The molecular weight excluding hydrogens is 202 g/mol. The summed E-state index contributed by atoms with van der Waals surface area (Å²) in [7, 11) is 1.65. The lowest BCUT2D eigenvalue weighted by Gasteiger charge is -2.02. The molecule has 0 N–H and O–H groups in total. The van der Waals surface area contributed by atoms with Crippen molar-refractivity contribution in [2.75, 3.05) is 7.11 Å². The first-order valence-corrected chi connectivity index (χ1v) is 5.54. The summed E-state index contributed by atoms with van der Waals surface area (Å²) in [6, 6.07) is 7.74. The molecule has 0 fully saturated rings. The highest BCUT2D eigenvalue weighted by atomic mass is 16.6. The maximum atomic E-state index is 5.12. The van der Waals surface area contributed by atoms with E-state index >= 15 is 0 Å². The van der Waals surface area contributed by atoms with Crippen LogP contribution < -0.4 is 4.74 Å². The molecule has 0 aliphatic carbocycles. The molecule has 0 saturated carbocycles. The summed E-state index contributed by atoms with van der Waals surface area (Å²) >= 11 is 0. The molecule has 0 aromatic heterocycles. The Hall–Kier alpha value is -1.51. The van der Waals surface area contributed by atoms with Crippen LogP contribution in [0.3, 0.4) is 0 Å². The predicted octanol–water partition coefficient (Wildman–Crippen LogP) is 3.26. The lowest BCUT2D eigenvalue weighted by molar-refractivity contribution is 0.131. The van der Waals surface area contributed by atoms with E-state index in [9.17, 15) is 0 Å². The number of unbranched alkanes of at least 4 members (excludes halogenated alkanes) is 2. The van der Waals surface area contributed by atoms with Crippen molar-refractivity contribution in [3.05, 3.63) is 29.8 Å². The molecule has 0 bridgehead atoms. The van der Waals surface area contributed by atoms with Crippen LogP contribution in [0.5, 0.6) is 5.75 Å². The van der Waals surface area contributed by atoms with Gasteiger partial charge in [-0.1, -0.05) is 30.6 Å². The van der Waals surface area contributed by atoms with Gasteiger partial charge in [0.15, 0.2) is 0 Å². The third kappa shape index (κ3) is 4.82. The maximum absolute atomic E-state index is 5.12. The van der Waals surface area contributed by atoms with Crippen molar-refractivity contribution in [1.29, 1.82) is 0 Å². The van der Waals surface area contributed by atoms with E-state index in [1.54, 1.807) is 7.11 Å². The van der Waals surface area contributed by atoms with Crippen molar-refractivity contribution in [2.45, 2.75) is 32.8 Å². The van der Waals surface area contributed by atoms with Crippen LogP contribution in [0.15, 0.2) is 29.4 Å². The van der Waals surface area contributed by atoms with Crippen LogP contribution in [-0.2, 0) is 11.4 Å². The van der Waals surface area contributed by atoms with Gasteiger partial charge < -0.3 is 9.57 Å². The molecule has 0 unspecified atom stereocenters. The van der Waals surface area contributed by atoms with Gasteiger partial charge in [-0.3, -0.25) is 0 Å². The van der Waals surface area contributed by atoms with Crippen LogP contribution in [0, 0.1) is 0 Å². The highest BCUT2D eigenvalue weighted by Gasteiger charge is 1.95. The van der Waals surface area contributed by atoms with Gasteiger partial charge in [-0.25, -0.2) is 0 Å². The van der Waals surface area contributed by atoms with Crippen LogP contribution in [0.25, 0.3) is 0 Å². The molecule has 0 heterocycles. The van der Waals surface area contributed by atoms with Gasteiger partial charge in [0.05, 0.1) is 7.11 Å². The first-order chi connectivity index (χ1) is 7.86. The second-order valence-electron chi connectivity index (χ2n) is 3.48. The minimum Gasteiger partial charge on any atom is -0.497 e. The molecule has 3 nitrogen and oxygen atoms in total. The summed E-state index contributed by atoms with van der Waals surface area (Å²) < 4.78 is 5.11. The summed E-state index contributed by atoms with van der Waals surface area (Å²) in [5.41, 5.74) is 1.04. The molecule has 0 atom stereocenters. The van der Waals surface area contributed by atoms with Gasteiger partial charge in [-0.05, 0) is 30.5 Å². The van der Waals surface area contributed by atoms with Crippen molar-refractivity contribution >= 4 is 6.21 Å². The van der Waals surface area contributed by atoms with Crippen LogP contribution >= 0.6 is 0 Å². The van der Waals surface area contributed by atoms with Gasteiger partial charge in [0.25, 0.3) is 0 Å². The topological polar surface area (TPSA) is 30.8 Å². The normalized spacial score (nSPS) is 10.6. The molecule has 1 aromatic rings. The zero-order valence-electron chi connectivity index (χ0n) is 9.90. The summed E-state index contributed by atoms with van der Waals surface area (Å²) in [6.07, 6.45) is 5.97. The summed E-state index contributed by atoms with van der Waals surface area (Å²) in [5.74, 6) is 0.833. The molecule has 1 radical (unpaired) electrons. The Bertz CT molecular complexity index is 323. The monoisotopic (exact) mass is 220 g/mol. The molecule has 0 saturated heterocycles. The van der Waals surface area contributed by atoms with E-state index in [-0.39, 0.29) is 0 Å². The van der Waals surface area contributed by atoms with Crippen LogP contribution in [0.4, 0.5) is 0 Å². The Balaban J connectivity index is 2.28. The lowest BCUT2D eigenvalue weighted by Crippen LogP contribution is -1.89. The van der Waals surface area contributed by atoms with Gasteiger partial charge in [-0.2, -0.15) is 0 Å². The molecule has 87 valence electrons. The van der Waals surface area contributed by atoms with Crippen molar-refractivity contribution in [2.24, 2.45) is 5.16 Å². The minimum atomic E-state index is 0.455. The summed E-state index contributed by atoms with van der Waals surface area (Å²) in [4.78, 5) is 5.12. The number of benzene rings is 1. The fourth-order valence-corrected chi connectivity index (χ4v) is 1.22. The van der Waals surface area contributed by atoms with Crippen molar-refractivity contribution in [3.63, 3.8) is 0 Å². The fraction of sp³-hybridized carbons (Fsp3) is 0.462. The average molecular weight is 220 g/mol. The van der Waals surface area contributed by atoms with Crippen LogP contribution in [0.2, 0.25) is 0 Å². The average Bonchev–Trinajstić information content (AvgIpc) is 2.34. The Morgan fingerprint density at radius 1 is 1.38 bits per heavy atom. The largest absolute Gasteiger partial charge is 0.497 e. The molecule has 1 rings (SSSR count).